The van der Waals surface area contributed by atoms with Gasteiger partial charge in [-0.3, -0.25) is 14.1 Å². The molecule has 3 aromatic rings. The van der Waals surface area contributed by atoms with Gasteiger partial charge in [0.15, 0.2) is 0 Å². The van der Waals surface area contributed by atoms with Crippen LogP contribution in [0, 0.1) is 5.82 Å². The number of allylic oxidation sites excluding steroid dienone is 1. The number of ether oxygens (including phenoxy) is 2. The van der Waals surface area contributed by atoms with Gasteiger partial charge in [-0.25, -0.2) is 19.2 Å². The largest absolute Gasteiger partial charge is 0.499 e. The Kier molecular flexibility index (Phi) is 8.60. The van der Waals surface area contributed by atoms with Crippen LogP contribution in [0.5, 0.6) is 0 Å². The van der Waals surface area contributed by atoms with E-state index in [1.165, 1.54) is 11.0 Å². The van der Waals surface area contributed by atoms with Crippen LogP contribution in [-0.4, -0.2) is 82.7 Å². The lowest BCUT2D eigenvalue weighted by molar-refractivity contribution is -0.133. The molecule has 11 nitrogen and oxygen atoms in total. The number of nitrogens with zero attached hydrogens (tertiary/aromatic N) is 6. The second-order valence-corrected chi connectivity index (χ2v) is 10.4. The van der Waals surface area contributed by atoms with E-state index >= 15 is 4.39 Å². The van der Waals surface area contributed by atoms with Gasteiger partial charge in [-0.05, 0) is 44.5 Å². The molecule has 2 atom stereocenters. The summed E-state index contributed by atoms with van der Waals surface area (Å²) in [4.78, 5) is 39.4. The number of carbonyl (C=O) groups excluding carboxylic acids is 2. The first kappa shape index (κ1) is 28.9. The maximum absolute atomic E-state index is 15.3. The van der Waals surface area contributed by atoms with Crippen molar-refractivity contribution in [2.24, 2.45) is 0 Å². The summed E-state index contributed by atoms with van der Waals surface area (Å²) in [7, 11) is 0. The number of aromatic nitrogens is 3. The third-order valence-electron chi connectivity index (χ3n) is 7.45. The van der Waals surface area contributed by atoms with Crippen molar-refractivity contribution in [3.63, 3.8) is 0 Å². The van der Waals surface area contributed by atoms with Gasteiger partial charge in [-0.2, -0.15) is 0 Å². The van der Waals surface area contributed by atoms with Crippen LogP contribution in [0.2, 0.25) is 0 Å². The lowest BCUT2D eigenvalue weighted by Crippen LogP contribution is -2.53. The quantitative estimate of drug-likeness (QED) is 0.343. The third-order valence-corrected chi connectivity index (χ3v) is 7.45. The maximum Gasteiger partial charge on any atom is 0.414 e. The highest BCUT2D eigenvalue weighted by Crippen LogP contribution is 2.30. The Morgan fingerprint density at radius 1 is 1.26 bits per heavy atom. The number of fused-ring (bicyclic) bond motifs is 1. The molecule has 1 N–H and O–H groups in total. The number of hydrogen-bond acceptors (Lipinski definition) is 8. The van der Waals surface area contributed by atoms with E-state index in [2.05, 4.69) is 28.4 Å². The van der Waals surface area contributed by atoms with E-state index in [9.17, 15) is 9.59 Å². The summed E-state index contributed by atoms with van der Waals surface area (Å²) in [6.07, 6.45) is 5.68. The molecule has 0 saturated carbocycles. The maximum atomic E-state index is 15.3. The van der Waals surface area contributed by atoms with E-state index < -0.39 is 18.0 Å². The van der Waals surface area contributed by atoms with E-state index in [0.717, 1.165) is 0 Å². The first-order valence-corrected chi connectivity index (χ1v) is 14.1. The van der Waals surface area contributed by atoms with Gasteiger partial charge in [0, 0.05) is 51.2 Å². The minimum atomic E-state index is -0.515. The van der Waals surface area contributed by atoms with Crippen molar-refractivity contribution in [2.75, 3.05) is 49.1 Å². The first-order valence-electron chi connectivity index (χ1n) is 14.1. The lowest BCUT2D eigenvalue weighted by atomic mass is 10.1. The van der Waals surface area contributed by atoms with Crippen molar-refractivity contribution in [2.45, 2.75) is 38.8 Å². The molecule has 222 valence electrons. The molecule has 2 aliphatic rings. The molecule has 2 saturated heterocycles. The van der Waals surface area contributed by atoms with Crippen molar-refractivity contribution in [3.8, 4) is 0 Å². The van der Waals surface area contributed by atoms with Gasteiger partial charge in [0.25, 0.3) is 0 Å². The van der Waals surface area contributed by atoms with Crippen molar-refractivity contribution in [1.29, 1.82) is 0 Å². The van der Waals surface area contributed by atoms with Crippen LogP contribution in [0.1, 0.15) is 32.4 Å². The van der Waals surface area contributed by atoms with E-state index in [1.807, 2.05) is 24.1 Å². The number of piperazine rings is 1. The minimum absolute atomic E-state index is 0.0690. The number of rotatable bonds is 11. The SMILES string of the molecule is C=C(CC[C@H]1CN(c2ccc(N3CCN(C(=O)[C@H](C)NC(=C)c4cn5cccnc5n4)CC3)c(F)c2)C(=O)O1)OCC. The molecule has 4 heterocycles. The highest BCUT2D eigenvalue weighted by molar-refractivity contribution is 5.90. The summed E-state index contributed by atoms with van der Waals surface area (Å²) >= 11 is 0. The molecule has 5 rings (SSSR count). The van der Waals surface area contributed by atoms with Gasteiger partial charge in [0.05, 0.1) is 36.0 Å². The lowest BCUT2D eigenvalue weighted by Gasteiger charge is -2.37. The van der Waals surface area contributed by atoms with Gasteiger partial charge in [0.2, 0.25) is 11.7 Å². The monoisotopic (exact) mass is 577 g/mol. The second kappa shape index (κ2) is 12.5. The standard InChI is InChI=1S/C30H36FN7O4/c1-5-41-20(2)7-9-24-18-38(30(40)42-24)23-8-10-27(25(31)17-23)35-13-15-36(16-14-35)28(39)22(4)33-21(3)26-19-37-12-6-11-32-29(37)34-26/h6,8,10-12,17,19,22,24,33H,2-3,5,7,9,13-16,18H2,1,4H3/t22-,24-/m0/s1. The molecule has 2 aliphatic heterocycles. The Hall–Kier alpha value is -4.61. The Balaban J connectivity index is 1.13. The van der Waals surface area contributed by atoms with Crippen molar-refractivity contribution < 1.29 is 23.5 Å². The molecule has 2 aromatic heterocycles. The van der Waals surface area contributed by atoms with Crippen LogP contribution in [-0.2, 0) is 14.3 Å². The molecule has 0 radical (unpaired) electrons. The summed E-state index contributed by atoms with van der Waals surface area (Å²) in [5.74, 6) is 0.707. The number of hydrogen-bond donors (Lipinski definition) is 1. The van der Waals surface area contributed by atoms with Crippen LogP contribution in [0.25, 0.3) is 11.5 Å². The number of imidazole rings is 1. The van der Waals surface area contributed by atoms with E-state index in [-0.39, 0.29) is 12.0 Å². The van der Waals surface area contributed by atoms with Crippen LogP contribution in [0.4, 0.5) is 20.6 Å². The number of anilines is 2. The summed E-state index contributed by atoms with van der Waals surface area (Å²) < 4.78 is 27.9. The van der Waals surface area contributed by atoms with Crippen molar-refractivity contribution in [3.05, 3.63) is 73.3 Å². The number of carbonyl (C=O) groups is 2. The van der Waals surface area contributed by atoms with Crippen LogP contribution >= 0.6 is 0 Å². The molecule has 2 amide bonds. The predicted octanol–water partition coefficient (Wildman–Crippen LogP) is 3.82. The van der Waals surface area contributed by atoms with Gasteiger partial charge in [0.1, 0.15) is 23.7 Å². The number of nitrogens with one attached hydrogen (secondary N) is 1. The Morgan fingerprint density at radius 3 is 2.76 bits per heavy atom. The van der Waals surface area contributed by atoms with Gasteiger partial charge in [-0.15, -0.1) is 0 Å². The molecular weight excluding hydrogens is 541 g/mol. The molecule has 1 aromatic carbocycles. The fraction of sp³-hybridized carbons (Fsp3) is 0.400. The Labute approximate surface area is 244 Å². The molecule has 0 aliphatic carbocycles. The first-order chi connectivity index (χ1) is 20.2. The number of halogens is 1. The minimum Gasteiger partial charge on any atom is -0.499 e. The summed E-state index contributed by atoms with van der Waals surface area (Å²) in [5.41, 5.74) is 2.03. The summed E-state index contributed by atoms with van der Waals surface area (Å²) in [6, 6.07) is 6.06. The van der Waals surface area contributed by atoms with E-state index in [0.29, 0.717) is 86.5 Å². The van der Waals surface area contributed by atoms with Crippen LogP contribution < -0.4 is 15.1 Å². The molecule has 12 heteroatoms. The summed E-state index contributed by atoms with van der Waals surface area (Å²) in [5, 5.41) is 3.15. The Morgan fingerprint density at radius 2 is 2.05 bits per heavy atom. The number of benzene rings is 1. The van der Waals surface area contributed by atoms with Gasteiger partial charge in [-0.1, -0.05) is 13.2 Å². The van der Waals surface area contributed by atoms with Crippen molar-refractivity contribution in [1.82, 2.24) is 24.6 Å². The molecule has 0 spiro atoms. The van der Waals surface area contributed by atoms with Crippen molar-refractivity contribution >= 4 is 34.8 Å². The average Bonchev–Trinajstić information content (AvgIpc) is 3.59. The van der Waals surface area contributed by atoms with Gasteiger partial charge >= 0.3 is 6.09 Å². The number of cyclic esters (lactones) is 1. The van der Waals surface area contributed by atoms with Gasteiger partial charge < -0.3 is 24.6 Å². The zero-order valence-corrected chi connectivity index (χ0v) is 24.0. The summed E-state index contributed by atoms with van der Waals surface area (Å²) in [6.45, 7) is 14.3. The van der Waals surface area contributed by atoms with Crippen LogP contribution in [0.3, 0.4) is 0 Å². The molecule has 42 heavy (non-hydrogen) atoms. The fourth-order valence-corrected chi connectivity index (χ4v) is 5.22. The Bertz CT molecular complexity index is 1450. The molecule has 0 unspecified atom stereocenters. The highest BCUT2D eigenvalue weighted by atomic mass is 19.1. The number of amides is 2. The zero-order chi connectivity index (χ0) is 29.8. The fourth-order valence-electron chi connectivity index (χ4n) is 5.22. The molecule has 0 bridgehead atoms. The average molecular weight is 578 g/mol. The third kappa shape index (κ3) is 6.32. The highest BCUT2D eigenvalue weighted by Gasteiger charge is 2.33. The molecular formula is C30H36FN7O4. The smallest absolute Gasteiger partial charge is 0.414 e. The molecule has 2 fully saturated rings. The predicted molar refractivity (Wildman–Crippen MR) is 157 cm³/mol. The normalized spacial score (nSPS) is 17.7. The van der Waals surface area contributed by atoms with E-state index in [1.54, 1.807) is 40.8 Å². The second-order valence-electron chi connectivity index (χ2n) is 10.4. The zero-order valence-electron chi connectivity index (χ0n) is 24.0. The van der Waals surface area contributed by atoms with Crippen LogP contribution in [0.15, 0.2) is 61.8 Å². The topological polar surface area (TPSA) is 105 Å². The van der Waals surface area contributed by atoms with E-state index in [4.69, 9.17) is 9.47 Å².